The molecular formula is C13H11N3O5. The molecule has 0 unspecified atom stereocenters. The fourth-order valence-corrected chi connectivity index (χ4v) is 1.74. The van der Waals surface area contributed by atoms with Crippen LogP contribution in [0.5, 0.6) is 5.75 Å². The van der Waals surface area contributed by atoms with Crippen LogP contribution in [0.2, 0.25) is 0 Å². The maximum Gasteiger partial charge on any atom is 0.339 e. The lowest BCUT2D eigenvalue weighted by atomic mass is 10.1. The van der Waals surface area contributed by atoms with Crippen LogP contribution in [0.15, 0.2) is 36.7 Å². The third kappa shape index (κ3) is 3.06. The van der Waals surface area contributed by atoms with Crippen LogP contribution in [-0.4, -0.2) is 28.1 Å². The van der Waals surface area contributed by atoms with Crippen LogP contribution < -0.4 is 10.1 Å². The van der Waals surface area contributed by atoms with Crippen LogP contribution in [0, 0.1) is 10.1 Å². The highest BCUT2D eigenvalue weighted by Gasteiger charge is 2.15. The first-order valence-electron chi connectivity index (χ1n) is 5.79. The number of pyridine rings is 1. The Labute approximate surface area is 119 Å². The highest BCUT2D eigenvalue weighted by Crippen LogP contribution is 2.29. The first-order valence-corrected chi connectivity index (χ1v) is 5.79. The molecule has 0 atom stereocenters. The van der Waals surface area contributed by atoms with E-state index in [-0.39, 0.29) is 22.7 Å². The molecule has 0 saturated carbocycles. The number of carbonyl (C=O) groups is 1. The second-order valence-corrected chi connectivity index (χ2v) is 4.00. The van der Waals surface area contributed by atoms with Gasteiger partial charge in [0.05, 0.1) is 12.0 Å². The molecule has 1 heterocycles. The van der Waals surface area contributed by atoms with E-state index in [4.69, 9.17) is 9.84 Å². The van der Waals surface area contributed by atoms with Crippen molar-refractivity contribution in [3.05, 3.63) is 52.3 Å². The third-order valence-corrected chi connectivity index (χ3v) is 2.71. The van der Waals surface area contributed by atoms with Gasteiger partial charge in [-0.3, -0.25) is 15.1 Å². The molecule has 8 nitrogen and oxygen atoms in total. The lowest BCUT2D eigenvalue weighted by Gasteiger charge is -2.10. The summed E-state index contributed by atoms with van der Waals surface area (Å²) in [5, 5.41) is 22.7. The molecule has 2 aromatic rings. The lowest BCUT2D eigenvalue weighted by molar-refractivity contribution is -0.384. The maximum atomic E-state index is 11.0. The first kappa shape index (κ1) is 14.3. The summed E-state index contributed by atoms with van der Waals surface area (Å²) in [6.45, 7) is 0. The van der Waals surface area contributed by atoms with E-state index in [2.05, 4.69) is 10.3 Å². The average Bonchev–Trinajstić information content (AvgIpc) is 2.47. The Hall–Kier alpha value is -3.16. The summed E-state index contributed by atoms with van der Waals surface area (Å²) >= 11 is 0. The molecular weight excluding hydrogens is 278 g/mol. The highest BCUT2D eigenvalue weighted by atomic mass is 16.6. The van der Waals surface area contributed by atoms with E-state index in [1.54, 1.807) is 0 Å². The van der Waals surface area contributed by atoms with E-state index in [0.717, 1.165) is 6.20 Å². The number of nitro groups is 1. The summed E-state index contributed by atoms with van der Waals surface area (Å²) in [6, 6.07) is 5.76. The van der Waals surface area contributed by atoms with Gasteiger partial charge < -0.3 is 15.2 Å². The third-order valence-electron chi connectivity index (χ3n) is 2.71. The van der Waals surface area contributed by atoms with Crippen LogP contribution >= 0.6 is 0 Å². The van der Waals surface area contributed by atoms with Gasteiger partial charge in [0.25, 0.3) is 0 Å². The average molecular weight is 289 g/mol. The molecule has 0 bridgehead atoms. The predicted octanol–water partition coefficient (Wildman–Crippen LogP) is 2.44. The molecule has 0 fully saturated rings. The largest absolute Gasteiger partial charge is 0.496 e. The number of ether oxygens (including phenoxy) is 1. The predicted molar refractivity (Wildman–Crippen MR) is 74.1 cm³/mol. The molecule has 21 heavy (non-hydrogen) atoms. The fourth-order valence-electron chi connectivity index (χ4n) is 1.74. The number of rotatable bonds is 5. The zero-order valence-corrected chi connectivity index (χ0v) is 10.9. The number of hydrogen-bond donors (Lipinski definition) is 2. The zero-order chi connectivity index (χ0) is 15.4. The molecule has 0 radical (unpaired) electrons. The van der Waals surface area contributed by atoms with E-state index in [9.17, 15) is 14.9 Å². The van der Waals surface area contributed by atoms with Gasteiger partial charge >= 0.3 is 11.7 Å². The normalized spacial score (nSPS) is 9.95. The van der Waals surface area contributed by atoms with Gasteiger partial charge in [0.2, 0.25) is 0 Å². The van der Waals surface area contributed by atoms with Crippen molar-refractivity contribution in [2.75, 3.05) is 12.4 Å². The monoisotopic (exact) mass is 289 g/mol. The number of anilines is 2. The summed E-state index contributed by atoms with van der Waals surface area (Å²) in [4.78, 5) is 25.0. The van der Waals surface area contributed by atoms with Gasteiger partial charge in [0.1, 0.15) is 23.2 Å². The Morgan fingerprint density at radius 3 is 2.81 bits per heavy atom. The molecule has 0 aliphatic heterocycles. The number of methoxy groups -OCH3 is 1. The molecule has 0 aliphatic carbocycles. The summed E-state index contributed by atoms with van der Waals surface area (Å²) in [7, 11) is 1.35. The Balaban J connectivity index is 2.37. The molecule has 8 heteroatoms. The Kier molecular flexibility index (Phi) is 3.98. The van der Waals surface area contributed by atoms with E-state index >= 15 is 0 Å². The van der Waals surface area contributed by atoms with Crippen molar-refractivity contribution in [2.24, 2.45) is 0 Å². The Bertz CT molecular complexity index is 702. The van der Waals surface area contributed by atoms with Gasteiger partial charge in [-0.1, -0.05) is 0 Å². The standard InChI is InChI=1S/C13H11N3O5/c1-21-12-6-8(2-3-9(12)13(17)18)15-10-4-5-14-7-11(10)16(19)20/h2-7H,1H3,(H,14,15)(H,17,18). The number of benzene rings is 1. The summed E-state index contributed by atoms with van der Waals surface area (Å²) < 4.78 is 5.00. The lowest BCUT2D eigenvalue weighted by Crippen LogP contribution is -2.02. The minimum Gasteiger partial charge on any atom is -0.496 e. The maximum absolute atomic E-state index is 11.0. The zero-order valence-electron chi connectivity index (χ0n) is 10.9. The minimum absolute atomic E-state index is 0.00674. The molecule has 0 amide bonds. The van der Waals surface area contributed by atoms with Crippen molar-refractivity contribution in [2.45, 2.75) is 0 Å². The second kappa shape index (κ2) is 5.87. The smallest absolute Gasteiger partial charge is 0.339 e. The number of hydrogen-bond acceptors (Lipinski definition) is 6. The van der Waals surface area contributed by atoms with Gasteiger partial charge in [0, 0.05) is 18.0 Å². The highest BCUT2D eigenvalue weighted by molar-refractivity contribution is 5.91. The molecule has 1 aromatic carbocycles. The van der Waals surface area contributed by atoms with E-state index in [0.29, 0.717) is 5.69 Å². The summed E-state index contributed by atoms with van der Waals surface area (Å²) in [6.07, 6.45) is 2.55. The SMILES string of the molecule is COc1cc(Nc2ccncc2[N+](=O)[O-])ccc1C(=O)O. The van der Waals surface area contributed by atoms with Crippen molar-refractivity contribution >= 4 is 23.0 Å². The number of carboxylic acids is 1. The molecule has 0 aliphatic rings. The van der Waals surface area contributed by atoms with Crippen molar-refractivity contribution in [1.82, 2.24) is 4.98 Å². The van der Waals surface area contributed by atoms with Crippen LogP contribution in [0.1, 0.15) is 10.4 Å². The molecule has 2 rings (SSSR count). The van der Waals surface area contributed by atoms with Crippen LogP contribution in [-0.2, 0) is 0 Å². The molecule has 1 aromatic heterocycles. The van der Waals surface area contributed by atoms with Gasteiger partial charge in [-0.2, -0.15) is 0 Å². The van der Waals surface area contributed by atoms with Crippen molar-refractivity contribution in [1.29, 1.82) is 0 Å². The molecule has 0 saturated heterocycles. The van der Waals surface area contributed by atoms with Crippen molar-refractivity contribution in [3.8, 4) is 5.75 Å². The fraction of sp³-hybridized carbons (Fsp3) is 0.0769. The number of nitrogens with zero attached hydrogens (tertiary/aromatic N) is 2. The van der Waals surface area contributed by atoms with Gasteiger partial charge in [-0.25, -0.2) is 4.79 Å². The van der Waals surface area contributed by atoms with E-state index < -0.39 is 10.9 Å². The molecule has 0 spiro atoms. The van der Waals surface area contributed by atoms with Crippen molar-refractivity contribution in [3.63, 3.8) is 0 Å². The van der Waals surface area contributed by atoms with E-state index in [1.807, 2.05) is 0 Å². The van der Waals surface area contributed by atoms with Crippen LogP contribution in [0.4, 0.5) is 17.1 Å². The van der Waals surface area contributed by atoms with E-state index in [1.165, 1.54) is 37.6 Å². The number of aromatic carboxylic acids is 1. The van der Waals surface area contributed by atoms with Crippen molar-refractivity contribution < 1.29 is 19.6 Å². The van der Waals surface area contributed by atoms with Crippen LogP contribution in [0.25, 0.3) is 0 Å². The Morgan fingerprint density at radius 1 is 1.43 bits per heavy atom. The number of nitrogens with one attached hydrogen (secondary N) is 1. The van der Waals surface area contributed by atoms with Gasteiger partial charge in [0.15, 0.2) is 0 Å². The number of aromatic nitrogens is 1. The van der Waals surface area contributed by atoms with Gasteiger partial charge in [-0.05, 0) is 18.2 Å². The van der Waals surface area contributed by atoms with Gasteiger partial charge in [-0.15, -0.1) is 0 Å². The number of carboxylic acid groups (broad SMARTS) is 1. The first-order chi connectivity index (χ1) is 10.0. The quantitative estimate of drug-likeness (QED) is 0.641. The summed E-state index contributed by atoms with van der Waals surface area (Å²) in [5.74, 6) is -0.961. The topological polar surface area (TPSA) is 115 Å². The minimum atomic E-state index is -1.12. The summed E-state index contributed by atoms with van der Waals surface area (Å²) in [5.41, 5.74) is 0.539. The molecule has 108 valence electrons. The molecule has 2 N–H and O–H groups in total. The van der Waals surface area contributed by atoms with Crippen LogP contribution in [0.3, 0.4) is 0 Å². The Morgan fingerprint density at radius 2 is 2.19 bits per heavy atom. The second-order valence-electron chi connectivity index (χ2n) is 4.00.